The molecular weight excluding hydrogens is 366 g/mol. The molecule has 0 aliphatic carbocycles. The molecule has 0 spiro atoms. The number of nitrogens with zero attached hydrogens (tertiary/aromatic N) is 1. The van der Waals surface area contributed by atoms with E-state index in [9.17, 15) is 9.59 Å². The molecule has 25 heavy (non-hydrogen) atoms. The predicted molar refractivity (Wildman–Crippen MR) is 94.6 cm³/mol. The molecule has 1 aliphatic heterocycles. The van der Waals surface area contributed by atoms with Crippen molar-refractivity contribution in [3.63, 3.8) is 0 Å². The van der Waals surface area contributed by atoms with E-state index in [1.165, 1.54) is 11.3 Å². The van der Waals surface area contributed by atoms with Crippen LogP contribution < -0.4 is 4.74 Å². The van der Waals surface area contributed by atoms with E-state index in [1.807, 2.05) is 30.3 Å². The summed E-state index contributed by atoms with van der Waals surface area (Å²) in [5.74, 6) is -1.23. The standard InChI is InChI=1S/C17H16ClNO5S/c18-13-14(24-10-12(20)21)16(17(22)19-6-8-23-9-7-19)25-15(13)11-4-2-1-3-5-11/h1-5H,6-10H2,(H,20,21). The summed E-state index contributed by atoms with van der Waals surface area (Å²) in [6.07, 6.45) is 0. The van der Waals surface area contributed by atoms with Crippen molar-refractivity contribution >= 4 is 34.8 Å². The number of morpholine rings is 1. The third kappa shape index (κ3) is 3.95. The van der Waals surface area contributed by atoms with Gasteiger partial charge < -0.3 is 19.5 Å². The molecule has 1 N–H and O–H groups in total. The predicted octanol–water partition coefficient (Wildman–Crippen LogP) is 3.00. The molecule has 0 radical (unpaired) electrons. The number of amides is 1. The fourth-order valence-electron chi connectivity index (χ4n) is 2.48. The number of carbonyl (C=O) groups is 2. The normalized spacial score (nSPS) is 14.4. The summed E-state index contributed by atoms with van der Waals surface area (Å²) in [4.78, 5) is 26.4. The molecule has 1 aromatic heterocycles. The maximum atomic E-state index is 12.9. The molecule has 8 heteroatoms. The highest BCUT2D eigenvalue weighted by molar-refractivity contribution is 7.18. The van der Waals surface area contributed by atoms with Crippen molar-refractivity contribution in [1.29, 1.82) is 0 Å². The van der Waals surface area contributed by atoms with E-state index in [2.05, 4.69) is 0 Å². The van der Waals surface area contributed by atoms with E-state index in [4.69, 9.17) is 26.2 Å². The molecule has 1 amide bonds. The SMILES string of the molecule is O=C(O)COc1c(C(=O)N2CCOCC2)sc(-c2ccccc2)c1Cl. The quantitative estimate of drug-likeness (QED) is 0.861. The third-order valence-electron chi connectivity index (χ3n) is 3.68. The topological polar surface area (TPSA) is 76.1 Å². The van der Waals surface area contributed by atoms with E-state index in [0.717, 1.165) is 5.56 Å². The summed E-state index contributed by atoms with van der Waals surface area (Å²) >= 11 is 7.64. The number of ether oxygens (including phenoxy) is 2. The zero-order valence-electron chi connectivity index (χ0n) is 13.2. The van der Waals surface area contributed by atoms with Gasteiger partial charge in [-0.3, -0.25) is 4.79 Å². The number of hydrogen-bond donors (Lipinski definition) is 1. The van der Waals surface area contributed by atoms with Crippen LogP contribution in [0.4, 0.5) is 0 Å². The number of carbonyl (C=O) groups excluding carboxylic acids is 1. The average Bonchev–Trinajstić information content (AvgIpc) is 2.97. The Kier molecular flexibility index (Phi) is 5.57. The number of carboxylic acids is 1. The summed E-state index contributed by atoms with van der Waals surface area (Å²) < 4.78 is 10.6. The summed E-state index contributed by atoms with van der Waals surface area (Å²) in [6.45, 7) is 1.35. The maximum absolute atomic E-state index is 12.9. The second-order valence-electron chi connectivity index (χ2n) is 5.36. The second kappa shape index (κ2) is 7.86. The summed E-state index contributed by atoms with van der Waals surface area (Å²) in [7, 11) is 0. The van der Waals surface area contributed by atoms with Gasteiger partial charge in [0.15, 0.2) is 12.4 Å². The lowest BCUT2D eigenvalue weighted by molar-refractivity contribution is -0.139. The van der Waals surface area contributed by atoms with Gasteiger partial charge in [-0.25, -0.2) is 4.79 Å². The molecule has 6 nitrogen and oxygen atoms in total. The number of carboxylic acid groups (broad SMARTS) is 1. The number of benzene rings is 1. The van der Waals surface area contributed by atoms with Crippen LogP contribution in [0.5, 0.6) is 5.75 Å². The Bertz CT molecular complexity index is 771. The van der Waals surface area contributed by atoms with Gasteiger partial charge >= 0.3 is 5.97 Å². The first kappa shape index (κ1) is 17.7. The highest BCUT2D eigenvalue weighted by Crippen LogP contribution is 2.45. The summed E-state index contributed by atoms with van der Waals surface area (Å²) in [5.41, 5.74) is 0.846. The van der Waals surface area contributed by atoms with Gasteiger partial charge in [0.1, 0.15) is 9.90 Å². The van der Waals surface area contributed by atoms with Gasteiger partial charge in [0, 0.05) is 13.1 Å². The molecule has 1 aromatic carbocycles. The monoisotopic (exact) mass is 381 g/mol. The fraction of sp³-hybridized carbons (Fsp3) is 0.294. The Hall–Kier alpha value is -2.09. The second-order valence-corrected chi connectivity index (χ2v) is 6.76. The maximum Gasteiger partial charge on any atom is 0.341 e. The van der Waals surface area contributed by atoms with Crippen LogP contribution in [0.1, 0.15) is 9.67 Å². The largest absolute Gasteiger partial charge is 0.479 e. The fourth-order valence-corrected chi connectivity index (χ4v) is 4.03. The lowest BCUT2D eigenvalue weighted by Gasteiger charge is -2.26. The molecule has 0 unspecified atom stereocenters. The zero-order chi connectivity index (χ0) is 17.8. The lowest BCUT2D eigenvalue weighted by Crippen LogP contribution is -2.40. The molecular formula is C17H16ClNO5S. The number of rotatable bonds is 5. The highest BCUT2D eigenvalue weighted by atomic mass is 35.5. The lowest BCUT2D eigenvalue weighted by atomic mass is 10.2. The van der Waals surface area contributed by atoms with Crippen LogP contribution in [0, 0.1) is 0 Å². The first-order valence-electron chi connectivity index (χ1n) is 7.67. The Morgan fingerprint density at radius 3 is 2.56 bits per heavy atom. The van der Waals surface area contributed by atoms with E-state index < -0.39 is 12.6 Å². The minimum atomic E-state index is -1.13. The van der Waals surface area contributed by atoms with E-state index in [1.54, 1.807) is 4.90 Å². The van der Waals surface area contributed by atoms with Gasteiger partial charge in [-0.15, -0.1) is 11.3 Å². The molecule has 0 saturated carbocycles. The molecule has 0 atom stereocenters. The van der Waals surface area contributed by atoms with Crippen molar-refractivity contribution < 1.29 is 24.2 Å². The van der Waals surface area contributed by atoms with Gasteiger partial charge in [0.05, 0.1) is 18.1 Å². The number of aliphatic carboxylic acids is 1. The summed E-state index contributed by atoms with van der Waals surface area (Å²) in [6, 6.07) is 9.37. The van der Waals surface area contributed by atoms with Crippen molar-refractivity contribution in [3.05, 3.63) is 40.2 Å². The molecule has 0 bridgehead atoms. The van der Waals surface area contributed by atoms with Gasteiger partial charge in [-0.1, -0.05) is 41.9 Å². The van der Waals surface area contributed by atoms with Gasteiger partial charge in [-0.2, -0.15) is 0 Å². The van der Waals surface area contributed by atoms with Crippen LogP contribution in [0.2, 0.25) is 5.02 Å². The van der Waals surface area contributed by atoms with Gasteiger partial charge in [-0.05, 0) is 5.56 Å². The molecule has 2 heterocycles. The number of thiophene rings is 1. The Morgan fingerprint density at radius 1 is 1.24 bits per heavy atom. The van der Waals surface area contributed by atoms with Crippen molar-refractivity contribution in [2.45, 2.75) is 0 Å². The zero-order valence-corrected chi connectivity index (χ0v) is 14.8. The molecule has 1 aliphatic rings. The first-order valence-corrected chi connectivity index (χ1v) is 8.86. The van der Waals surface area contributed by atoms with Crippen LogP contribution in [-0.4, -0.2) is 54.8 Å². The number of halogens is 1. The average molecular weight is 382 g/mol. The van der Waals surface area contributed by atoms with Crippen LogP contribution in [-0.2, 0) is 9.53 Å². The van der Waals surface area contributed by atoms with Crippen LogP contribution in [0.3, 0.4) is 0 Å². The van der Waals surface area contributed by atoms with E-state index in [0.29, 0.717) is 36.1 Å². The molecule has 1 saturated heterocycles. The Morgan fingerprint density at radius 2 is 1.92 bits per heavy atom. The minimum absolute atomic E-state index is 0.129. The Labute approximate surface area is 153 Å². The summed E-state index contributed by atoms with van der Waals surface area (Å²) in [5, 5.41) is 9.15. The van der Waals surface area contributed by atoms with Gasteiger partial charge in [0.25, 0.3) is 5.91 Å². The van der Waals surface area contributed by atoms with E-state index in [-0.39, 0.29) is 16.7 Å². The van der Waals surface area contributed by atoms with Crippen molar-refractivity contribution in [2.75, 3.05) is 32.9 Å². The van der Waals surface area contributed by atoms with Crippen molar-refractivity contribution in [1.82, 2.24) is 4.90 Å². The van der Waals surface area contributed by atoms with Crippen LogP contribution >= 0.6 is 22.9 Å². The van der Waals surface area contributed by atoms with Crippen molar-refractivity contribution in [2.24, 2.45) is 0 Å². The third-order valence-corrected chi connectivity index (χ3v) is 5.36. The number of hydrogen-bond acceptors (Lipinski definition) is 5. The smallest absolute Gasteiger partial charge is 0.341 e. The van der Waals surface area contributed by atoms with Crippen LogP contribution in [0.15, 0.2) is 30.3 Å². The molecule has 132 valence electrons. The van der Waals surface area contributed by atoms with Gasteiger partial charge in [0.2, 0.25) is 0 Å². The van der Waals surface area contributed by atoms with E-state index >= 15 is 0 Å². The molecule has 3 rings (SSSR count). The first-order chi connectivity index (χ1) is 12.1. The molecule has 1 fully saturated rings. The van der Waals surface area contributed by atoms with Crippen molar-refractivity contribution in [3.8, 4) is 16.2 Å². The minimum Gasteiger partial charge on any atom is -0.479 e. The molecule has 2 aromatic rings. The Balaban J connectivity index is 1.99. The van der Waals surface area contributed by atoms with Crippen LogP contribution in [0.25, 0.3) is 10.4 Å². The highest BCUT2D eigenvalue weighted by Gasteiger charge is 2.28.